The molecule has 62 heavy (non-hydrogen) atoms. The summed E-state index contributed by atoms with van der Waals surface area (Å²) in [5.41, 5.74) is 4.27. The Morgan fingerprint density at radius 2 is 1.06 bits per heavy atom. The number of cyclic esters (lactones) is 2. The molecule has 6 aliphatic heterocycles. The van der Waals surface area contributed by atoms with Gasteiger partial charge in [0, 0.05) is 12.3 Å². The number of morpholine rings is 1. The highest BCUT2D eigenvalue weighted by Gasteiger charge is 2.54. The first-order valence-corrected chi connectivity index (χ1v) is 20.7. The summed E-state index contributed by atoms with van der Waals surface area (Å²) in [6.45, 7) is 3.78. The minimum atomic E-state index is -0.961. The highest BCUT2D eigenvalue weighted by atomic mass is 16.6. The van der Waals surface area contributed by atoms with Gasteiger partial charge in [0.2, 0.25) is 0 Å². The summed E-state index contributed by atoms with van der Waals surface area (Å²) in [7, 11) is 0. The predicted molar refractivity (Wildman–Crippen MR) is 221 cm³/mol. The van der Waals surface area contributed by atoms with Crippen LogP contribution < -0.4 is 28.4 Å². The van der Waals surface area contributed by atoms with Crippen LogP contribution in [0.5, 0.6) is 34.5 Å². The predicted octanol–water partition coefficient (Wildman–Crippen LogP) is 7.23. The number of nitrogens with zero attached hydrogens (tertiary/aromatic N) is 1. The van der Waals surface area contributed by atoms with Gasteiger partial charge in [0.05, 0.1) is 18.2 Å². The van der Waals surface area contributed by atoms with Crippen LogP contribution >= 0.6 is 0 Å². The van der Waals surface area contributed by atoms with Crippen LogP contribution in [-0.2, 0) is 23.8 Å². The van der Waals surface area contributed by atoms with Crippen molar-refractivity contribution >= 4 is 17.9 Å². The molecule has 3 fully saturated rings. The minimum absolute atomic E-state index is 0.0628. The van der Waals surface area contributed by atoms with E-state index in [1.54, 1.807) is 6.07 Å². The second kappa shape index (κ2) is 18.5. The number of carbonyl (C=O) groups is 3. The zero-order valence-electron chi connectivity index (χ0n) is 33.7. The maximum atomic E-state index is 13.3. The topological polar surface area (TPSA) is 158 Å². The third-order valence-corrected chi connectivity index (χ3v) is 11.3. The molecule has 6 heterocycles. The van der Waals surface area contributed by atoms with Crippen molar-refractivity contribution in [1.29, 1.82) is 0 Å². The Morgan fingerprint density at radius 3 is 1.65 bits per heavy atom. The fourth-order valence-electron chi connectivity index (χ4n) is 8.23. The molecule has 3 saturated heterocycles. The minimum Gasteiger partial charge on any atom is -0.486 e. The number of aromatic carboxylic acids is 1. The maximum Gasteiger partial charge on any atom is 0.335 e. The Labute approximate surface area is 357 Å². The Morgan fingerprint density at radius 1 is 0.532 bits per heavy atom. The van der Waals surface area contributed by atoms with Gasteiger partial charge < -0.3 is 47.7 Å². The van der Waals surface area contributed by atoms with Gasteiger partial charge in [0.15, 0.2) is 34.5 Å². The van der Waals surface area contributed by atoms with Crippen LogP contribution in [0.25, 0.3) is 0 Å². The summed E-state index contributed by atoms with van der Waals surface area (Å²) in [4.78, 5) is 36.8. The van der Waals surface area contributed by atoms with Crippen molar-refractivity contribution in [1.82, 2.24) is 4.90 Å². The van der Waals surface area contributed by atoms with Crippen LogP contribution in [0.2, 0.25) is 0 Å². The third-order valence-electron chi connectivity index (χ3n) is 11.3. The average molecular weight is 844 g/mol. The number of carboxylic acids is 1. The van der Waals surface area contributed by atoms with Gasteiger partial charge in [-0.15, -0.1) is 0 Å². The molecular weight excluding hydrogens is 799 g/mol. The molecule has 0 aromatic heterocycles. The summed E-state index contributed by atoms with van der Waals surface area (Å²) in [5, 5.41) is 8.69. The second-order valence-electron chi connectivity index (χ2n) is 15.2. The Hall–Kier alpha value is -6.77. The van der Waals surface area contributed by atoms with Crippen molar-refractivity contribution in [2.45, 2.75) is 43.2 Å². The van der Waals surface area contributed by atoms with E-state index in [2.05, 4.69) is 29.2 Å². The van der Waals surface area contributed by atoms with Crippen LogP contribution in [0, 0.1) is 0 Å². The van der Waals surface area contributed by atoms with E-state index < -0.39 is 24.3 Å². The van der Waals surface area contributed by atoms with Crippen molar-refractivity contribution in [3.8, 4) is 34.5 Å². The van der Waals surface area contributed by atoms with E-state index in [4.69, 9.17) is 47.7 Å². The van der Waals surface area contributed by atoms with Crippen molar-refractivity contribution in [3.05, 3.63) is 143 Å². The molecule has 11 rings (SSSR count). The zero-order chi connectivity index (χ0) is 42.4. The summed E-state index contributed by atoms with van der Waals surface area (Å²) < 4.78 is 51.0. The molecule has 0 amide bonds. The SMILES string of the molecule is O=C(O)c1ccc2c(c1)OCCO2.O=C1CC[C@@H](c2ccccc2)CO1.O=C1OC[C@H](c2ccccc2)N2C1[C@@H](c1ccc3c(c1)OCCO3)O[C@H]2c1ccc2c(c1)OCCO2. The van der Waals surface area contributed by atoms with Gasteiger partial charge in [-0.05, 0) is 71.1 Å². The third kappa shape index (κ3) is 8.83. The molecule has 5 atom stereocenters. The van der Waals surface area contributed by atoms with Crippen LogP contribution in [0.4, 0.5) is 0 Å². The molecule has 5 aromatic carbocycles. The van der Waals surface area contributed by atoms with Gasteiger partial charge in [0.25, 0.3) is 0 Å². The fourth-order valence-corrected chi connectivity index (χ4v) is 8.23. The van der Waals surface area contributed by atoms with Crippen LogP contribution in [0.15, 0.2) is 115 Å². The molecule has 0 aliphatic carbocycles. The van der Waals surface area contributed by atoms with Gasteiger partial charge in [-0.2, -0.15) is 0 Å². The first-order chi connectivity index (χ1) is 30.4. The molecule has 0 radical (unpaired) electrons. The van der Waals surface area contributed by atoms with Crippen LogP contribution in [-0.4, -0.2) is 86.8 Å². The lowest BCUT2D eigenvalue weighted by Crippen LogP contribution is -2.49. The van der Waals surface area contributed by atoms with E-state index >= 15 is 0 Å². The number of hydrogen-bond donors (Lipinski definition) is 1. The van der Waals surface area contributed by atoms with Crippen molar-refractivity contribution < 1.29 is 62.1 Å². The smallest absolute Gasteiger partial charge is 0.335 e. The molecule has 0 saturated carbocycles. The highest BCUT2D eigenvalue weighted by molar-refractivity contribution is 5.88. The quantitative estimate of drug-likeness (QED) is 0.177. The van der Waals surface area contributed by atoms with E-state index in [9.17, 15) is 14.4 Å². The first-order valence-electron chi connectivity index (χ1n) is 20.7. The largest absolute Gasteiger partial charge is 0.486 e. The van der Waals surface area contributed by atoms with Gasteiger partial charge in [-0.25, -0.2) is 9.69 Å². The van der Waals surface area contributed by atoms with E-state index in [0.717, 1.165) is 23.1 Å². The molecule has 14 heteroatoms. The number of carbonyl (C=O) groups excluding carboxylic acids is 2. The lowest BCUT2D eigenvalue weighted by atomic mass is 9.94. The molecule has 5 aromatic rings. The molecule has 1 N–H and O–H groups in total. The lowest BCUT2D eigenvalue weighted by Gasteiger charge is -2.39. The van der Waals surface area contributed by atoms with Crippen LogP contribution in [0.3, 0.4) is 0 Å². The number of rotatable bonds is 5. The summed E-state index contributed by atoms with van der Waals surface area (Å²) in [5.74, 6) is 2.92. The molecule has 6 aliphatic rings. The number of fused-ring (bicyclic) bond motifs is 4. The van der Waals surface area contributed by atoms with Crippen LogP contribution in [0.1, 0.15) is 69.7 Å². The van der Waals surface area contributed by atoms with E-state index in [0.29, 0.717) is 93.1 Å². The van der Waals surface area contributed by atoms with Gasteiger partial charge in [-0.3, -0.25) is 9.59 Å². The van der Waals surface area contributed by atoms with Crippen molar-refractivity contribution in [3.63, 3.8) is 0 Å². The van der Waals surface area contributed by atoms with Gasteiger partial charge >= 0.3 is 17.9 Å². The highest BCUT2D eigenvalue weighted by Crippen LogP contribution is 2.51. The molecule has 320 valence electrons. The standard InChI is InChI=1S/C28H25NO7.C11H12O2.C9H8O4/c30-28-25-26(18-6-8-21-23(14-18)33-12-10-31-21)36-27(19-7-9-22-24(15-19)34-13-11-32-22)29(25)20(16-35-28)17-4-2-1-3-5-17;12-11-7-6-10(8-13-11)9-4-2-1-3-5-9;10-9(11)6-1-2-7-8(5-6)13-4-3-12-7/h1-9,14-15,20,25-27H,10-13,16H2;1-5,10H,6-8H2;1-2,5H,3-4H2,(H,10,11)/t20-,25?,26-,27+;10-;/m11./s1. The zero-order valence-corrected chi connectivity index (χ0v) is 33.7. The van der Waals surface area contributed by atoms with Crippen molar-refractivity contribution in [2.24, 2.45) is 0 Å². The first kappa shape index (κ1) is 40.6. The maximum absolute atomic E-state index is 13.3. The number of benzene rings is 5. The molecular formula is C48H45NO13. The Kier molecular flexibility index (Phi) is 12.1. The Bertz CT molecular complexity index is 2380. The molecule has 1 unspecified atom stereocenters. The van der Waals surface area contributed by atoms with Crippen molar-refractivity contribution in [2.75, 3.05) is 52.9 Å². The number of esters is 2. The molecule has 0 bridgehead atoms. The molecule has 14 nitrogen and oxygen atoms in total. The van der Waals surface area contributed by atoms with Gasteiger partial charge in [0.1, 0.15) is 64.6 Å². The Balaban J connectivity index is 0.000000153. The normalized spacial score (nSPS) is 23.1. The van der Waals surface area contributed by atoms with Gasteiger partial charge in [-0.1, -0.05) is 72.8 Å². The monoisotopic (exact) mass is 843 g/mol. The van der Waals surface area contributed by atoms with E-state index in [1.807, 2.05) is 72.8 Å². The summed E-state index contributed by atoms with van der Waals surface area (Å²) in [6.07, 6.45) is 0.419. The fraction of sp³-hybridized carbons (Fsp3) is 0.312. The summed E-state index contributed by atoms with van der Waals surface area (Å²) >= 11 is 0. The second-order valence-corrected chi connectivity index (χ2v) is 15.2. The lowest BCUT2D eigenvalue weighted by molar-refractivity contribution is -0.163. The average Bonchev–Trinajstić information content (AvgIpc) is 3.74. The number of carboxylic acid groups (broad SMARTS) is 1. The molecule has 0 spiro atoms. The van der Waals surface area contributed by atoms with E-state index in [1.165, 1.54) is 17.7 Å². The number of hydrogen-bond acceptors (Lipinski definition) is 13. The summed E-state index contributed by atoms with van der Waals surface area (Å²) in [6, 6.07) is 35.6. The van der Waals surface area contributed by atoms with E-state index in [-0.39, 0.29) is 30.2 Å². The number of ether oxygens (including phenoxy) is 9.